The second kappa shape index (κ2) is 5.67. The van der Waals surface area contributed by atoms with Crippen LogP contribution < -0.4 is 11.1 Å². The van der Waals surface area contributed by atoms with E-state index in [1.807, 2.05) is 6.92 Å². The lowest BCUT2D eigenvalue weighted by molar-refractivity contribution is 0.0698. The number of nitrogens with two attached hydrogens (primary N) is 1. The summed E-state index contributed by atoms with van der Waals surface area (Å²) in [5.41, 5.74) is 6.51. The molecule has 17 heavy (non-hydrogen) atoms. The maximum absolute atomic E-state index is 11.0. The molecule has 2 atom stereocenters. The van der Waals surface area contributed by atoms with Crippen molar-refractivity contribution in [3.8, 4) is 0 Å². The van der Waals surface area contributed by atoms with Gasteiger partial charge in [-0.1, -0.05) is 0 Å². The van der Waals surface area contributed by atoms with Gasteiger partial charge in [0.1, 0.15) is 0 Å². The molecule has 0 radical (unpaired) electrons. The molecule has 0 aromatic heterocycles. The predicted octanol–water partition coefficient (Wildman–Crippen LogP) is 1.15. The molecule has 0 saturated heterocycles. The number of carboxylic acid groups (broad SMARTS) is 1. The molecule has 0 heterocycles. The maximum Gasteiger partial charge on any atom is 0.337 e. The smallest absolute Gasteiger partial charge is 0.337 e. The topological polar surface area (TPSA) is 92.4 Å². The van der Waals surface area contributed by atoms with Crippen LogP contribution in [0.4, 0.5) is 11.4 Å². The molecule has 1 aromatic carbocycles. The fourth-order valence-corrected chi connectivity index (χ4v) is 2.30. The number of nitrogen functional groups attached to an aromatic ring is 1. The Morgan fingerprint density at radius 1 is 1.59 bits per heavy atom. The third-order valence-corrected chi connectivity index (χ3v) is 3.15. The molecule has 0 aliphatic heterocycles. The van der Waals surface area contributed by atoms with Crippen LogP contribution in [0.5, 0.6) is 0 Å². The molecule has 94 valence electrons. The molecule has 1 rings (SSSR count). The van der Waals surface area contributed by atoms with E-state index in [0.29, 0.717) is 11.4 Å². The summed E-state index contributed by atoms with van der Waals surface area (Å²) in [6.45, 7) is 1.89. The summed E-state index contributed by atoms with van der Waals surface area (Å²) < 4.78 is 11.0. The molecule has 0 amide bonds. The molecule has 0 bridgehead atoms. The maximum atomic E-state index is 11.0. The molecular formula is C11H16N2O3S. The van der Waals surface area contributed by atoms with E-state index in [2.05, 4.69) is 5.32 Å². The molecular weight excluding hydrogens is 240 g/mol. The van der Waals surface area contributed by atoms with Crippen LogP contribution >= 0.6 is 0 Å². The predicted molar refractivity (Wildman–Crippen MR) is 69.8 cm³/mol. The summed E-state index contributed by atoms with van der Waals surface area (Å²) in [4.78, 5) is 10.9. The Labute approximate surface area is 102 Å². The Kier molecular flexibility index (Phi) is 4.51. The van der Waals surface area contributed by atoms with Gasteiger partial charge in [0, 0.05) is 40.2 Å². The van der Waals surface area contributed by atoms with Crippen molar-refractivity contribution in [1.29, 1.82) is 0 Å². The molecule has 1 aromatic rings. The largest absolute Gasteiger partial charge is 0.478 e. The monoisotopic (exact) mass is 256 g/mol. The highest BCUT2D eigenvalue weighted by Gasteiger charge is 2.10. The van der Waals surface area contributed by atoms with E-state index >= 15 is 0 Å². The first kappa shape index (κ1) is 13.5. The average Bonchev–Trinajstić information content (AvgIpc) is 2.19. The van der Waals surface area contributed by atoms with Crippen molar-refractivity contribution in [3.63, 3.8) is 0 Å². The van der Waals surface area contributed by atoms with E-state index < -0.39 is 16.8 Å². The zero-order valence-corrected chi connectivity index (χ0v) is 10.6. The van der Waals surface area contributed by atoms with E-state index in [-0.39, 0.29) is 17.3 Å². The second-order valence-electron chi connectivity index (χ2n) is 3.89. The fraction of sp³-hybridized carbons (Fsp3) is 0.364. The highest BCUT2D eigenvalue weighted by Crippen LogP contribution is 2.18. The van der Waals surface area contributed by atoms with Crippen LogP contribution in [-0.2, 0) is 10.8 Å². The number of anilines is 2. The average molecular weight is 256 g/mol. The summed E-state index contributed by atoms with van der Waals surface area (Å²) in [7, 11) is -0.891. The lowest BCUT2D eigenvalue weighted by Gasteiger charge is -2.14. The number of benzene rings is 1. The van der Waals surface area contributed by atoms with E-state index in [9.17, 15) is 9.00 Å². The first-order valence-electron chi connectivity index (χ1n) is 5.09. The van der Waals surface area contributed by atoms with Gasteiger partial charge < -0.3 is 16.2 Å². The van der Waals surface area contributed by atoms with Gasteiger partial charge in [-0.05, 0) is 25.1 Å². The summed E-state index contributed by atoms with van der Waals surface area (Å²) >= 11 is 0. The number of rotatable bonds is 5. The Morgan fingerprint density at radius 3 is 2.76 bits per heavy atom. The van der Waals surface area contributed by atoms with Crippen molar-refractivity contribution in [2.45, 2.75) is 13.0 Å². The van der Waals surface area contributed by atoms with Crippen LogP contribution in [0.15, 0.2) is 18.2 Å². The standard InChI is InChI=1S/C11H16N2O3S/c1-7(6-17(2)16)13-8-3-4-10(12)9(5-8)11(14)15/h3-5,7,13H,6,12H2,1-2H3,(H,14,15). The van der Waals surface area contributed by atoms with Crippen LogP contribution in [0, 0.1) is 0 Å². The minimum absolute atomic E-state index is 0.00565. The summed E-state index contributed by atoms with van der Waals surface area (Å²) in [6, 6.07) is 4.73. The summed E-state index contributed by atoms with van der Waals surface area (Å²) in [5.74, 6) is -0.551. The Morgan fingerprint density at radius 2 is 2.24 bits per heavy atom. The Hall–Kier alpha value is -1.56. The minimum atomic E-state index is -1.06. The van der Waals surface area contributed by atoms with Crippen molar-refractivity contribution in [3.05, 3.63) is 23.8 Å². The van der Waals surface area contributed by atoms with Crippen LogP contribution in [-0.4, -0.2) is 33.3 Å². The van der Waals surface area contributed by atoms with E-state index in [1.165, 1.54) is 6.07 Å². The van der Waals surface area contributed by atoms with Gasteiger partial charge >= 0.3 is 5.97 Å². The van der Waals surface area contributed by atoms with E-state index in [1.54, 1.807) is 18.4 Å². The molecule has 0 saturated carbocycles. The zero-order chi connectivity index (χ0) is 13.0. The van der Waals surface area contributed by atoms with Crippen molar-refractivity contribution in [2.24, 2.45) is 0 Å². The first-order chi connectivity index (χ1) is 7.90. The third-order valence-electron chi connectivity index (χ3n) is 2.18. The molecule has 0 aliphatic rings. The molecule has 4 N–H and O–H groups in total. The van der Waals surface area contributed by atoms with Crippen LogP contribution in [0.1, 0.15) is 17.3 Å². The van der Waals surface area contributed by atoms with Gasteiger partial charge in [-0.3, -0.25) is 4.21 Å². The highest BCUT2D eigenvalue weighted by atomic mass is 32.2. The number of nitrogens with one attached hydrogen (secondary N) is 1. The van der Waals surface area contributed by atoms with Crippen molar-refractivity contribution in [1.82, 2.24) is 0 Å². The normalized spacial score (nSPS) is 14.0. The van der Waals surface area contributed by atoms with Crippen molar-refractivity contribution in [2.75, 3.05) is 23.1 Å². The quantitative estimate of drug-likeness (QED) is 0.687. The highest BCUT2D eigenvalue weighted by molar-refractivity contribution is 7.84. The Bertz CT molecular complexity index is 448. The van der Waals surface area contributed by atoms with Crippen molar-refractivity contribution < 1.29 is 14.1 Å². The van der Waals surface area contributed by atoms with Gasteiger partial charge in [0.25, 0.3) is 0 Å². The van der Waals surface area contributed by atoms with Gasteiger partial charge in [-0.25, -0.2) is 4.79 Å². The second-order valence-corrected chi connectivity index (χ2v) is 5.37. The van der Waals surface area contributed by atoms with Gasteiger partial charge in [-0.15, -0.1) is 0 Å². The summed E-state index contributed by atoms with van der Waals surface area (Å²) in [5, 5.41) is 12.0. The lowest BCUT2D eigenvalue weighted by Crippen LogP contribution is -2.22. The minimum Gasteiger partial charge on any atom is -0.478 e. The number of carbonyl (C=O) groups is 1. The Balaban J connectivity index is 2.82. The fourth-order valence-electron chi connectivity index (χ4n) is 1.51. The van der Waals surface area contributed by atoms with E-state index in [4.69, 9.17) is 10.8 Å². The molecule has 0 fully saturated rings. The lowest BCUT2D eigenvalue weighted by atomic mass is 10.1. The van der Waals surface area contributed by atoms with Gasteiger partial charge in [-0.2, -0.15) is 0 Å². The summed E-state index contributed by atoms with van der Waals surface area (Å²) in [6.07, 6.45) is 1.63. The van der Waals surface area contributed by atoms with Crippen LogP contribution in [0.25, 0.3) is 0 Å². The SMILES string of the molecule is CC(CS(C)=O)Nc1ccc(N)c(C(=O)O)c1. The van der Waals surface area contributed by atoms with Gasteiger partial charge in [0.2, 0.25) is 0 Å². The molecule has 5 nitrogen and oxygen atoms in total. The third kappa shape index (κ3) is 4.07. The molecule has 6 heteroatoms. The molecule has 0 spiro atoms. The van der Waals surface area contributed by atoms with E-state index in [0.717, 1.165) is 0 Å². The number of hydrogen-bond donors (Lipinski definition) is 3. The molecule has 0 aliphatic carbocycles. The number of hydrogen-bond acceptors (Lipinski definition) is 4. The van der Waals surface area contributed by atoms with Gasteiger partial charge in [0.15, 0.2) is 0 Å². The van der Waals surface area contributed by atoms with Crippen molar-refractivity contribution >= 4 is 28.1 Å². The molecule has 2 unspecified atom stereocenters. The number of aromatic carboxylic acids is 1. The first-order valence-corrected chi connectivity index (χ1v) is 6.82. The van der Waals surface area contributed by atoms with Gasteiger partial charge in [0.05, 0.1) is 5.56 Å². The number of carboxylic acids is 1. The van der Waals surface area contributed by atoms with Crippen LogP contribution in [0.2, 0.25) is 0 Å². The zero-order valence-electron chi connectivity index (χ0n) is 9.77. The van der Waals surface area contributed by atoms with Crippen LogP contribution in [0.3, 0.4) is 0 Å².